The number of hydrogen-bond acceptors (Lipinski definition) is 3. The molecular formula is C13H23NO3. The van der Waals surface area contributed by atoms with Crippen LogP contribution in [0, 0.1) is 0 Å². The van der Waals surface area contributed by atoms with Crippen LogP contribution in [0.3, 0.4) is 0 Å². The fourth-order valence-electron chi connectivity index (χ4n) is 1.76. The second kappa shape index (κ2) is 8.25. The summed E-state index contributed by atoms with van der Waals surface area (Å²) in [6, 6.07) is 0. The molecule has 0 bridgehead atoms. The molecular weight excluding hydrogens is 218 g/mol. The van der Waals surface area contributed by atoms with Gasteiger partial charge in [-0.25, -0.2) is 0 Å². The molecule has 0 radical (unpaired) electrons. The van der Waals surface area contributed by atoms with Crippen LogP contribution < -0.4 is 5.32 Å². The van der Waals surface area contributed by atoms with Gasteiger partial charge in [0.15, 0.2) is 0 Å². The Morgan fingerprint density at radius 1 is 1.59 bits per heavy atom. The maximum atomic E-state index is 11.5. The first-order chi connectivity index (χ1) is 8.18. The Morgan fingerprint density at radius 2 is 2.41 bits per heavy atom. The summed E-state index contributed by atoms with van der Waals surface area (Å²) in [4.78, 5) is 11.5. The smallest absolute Gasteiger partial charge is 0.220 e. The van der Waals surface area contributed by atoms with Crippen molar-refractivity contribution in [1.29, 1.82) is 0 Å². The van der Waals surface area contributed by atoms with Crippen LogP contribution >= 0.6 is 0 Å². The van der Waals surface area contributed by atoms with Crippen LogP contribution in [0.4, 0.5) is 0 Å². The van der Waals surface area contributed by atoms with Gasteiger partial charge in [0.1, 0.15) is 0 Å². The molecule has 0 aromatic rings. The van der Waals surface area contributed by atoms with Gasteiger partial charge < -0.3 is 14.8 Å². The maximum absolute atomic E-state index is 11.5. The Morgan fingerprint density at radius 3 is 3.06 bits per heavy atom. The highest BCUT2D eigenvalue weighted by molar-refractivity contribution is 5.75. The lowest BCUT2D eigenvalue weighted by molar-refractivity contribution is -0.121. The van der Waals surface area contributed by atoms with E-state index in [1.807, 2.05) is 6.92 Å². The monoisotopic (exact) mass is 241 g/mol. The highest BCUT2D eigenvalue weighted by atomic mass is 16.5. The van der Waals surface area contributed by atoms with E-state index in [-0.39, 0.29) is 5.91 Å². The summed E-state index contributed by atoms with van der Waals surface area (Å²) in [7, 11) is 0. The third-order valence-corrected chi connectivity index (χ3v) is 2.63. The summed E-state index contributed by atoms with van der Waals surface area (Å²) in [5, 5.41) is 2.83. The van der Waals surface area contributed by atoms with Crippen molar-refractivity contribution in [2.45, 2.75) is 38.7 Å². The third kappa shape index (κ3) is 7.13. The minimum absolute atomic E-state index is 0.0828. The fourth-order valence-corrected chi connectivity index (χ4v) is 1.76. The Kier molecular flexibility index (Phi) is 6.89. The van der Waals surface area contributed by atoms with Crippen LogP contribution in [-0.2, 0) is 14.3 Å². The second-order valence-electron chi connectivity index (χ2n) is 4.53. The van der Waals surface area contributed by atoms with Gasteiger partial charge in [0.05, 0.1) is 19.3 Å². The van der Waals surface area contributed by atoms with Gasteiger partial charge in [0.25, 0.3) is 0 Å². The van der Waals surface area contributed by atoms with Gasteiger partial charge in [0, 0.05) is 19.6 Å². The van der Waals surface area contributed by atoms with Crippen LogP contribution in [0.1, 0.15) is 32.6 Å². The van der Waals surface area contributed by atoms with Crippen LogP contribution in [0.15, 0.2) is 12.2 Å². The zero-order chi connectivity index (χ0) is 12.5. The molecule has 1 fully saturated rings. The Hall–Kier alpha value is -0.870. The van der Waals surface area contributed by atoms with E-state index in [9.17, 15) is 4.79 Å². The zero-order valence-corrected chi connectivity index (χ0v) is 10.7. The number of amides is 1. The van der Waals surface area contributed by atoms with E-state index in [0.29, 0.717) is 32.3 Å². The first-order valence-electron chi connectivity index (χ1n) is 6.29. The van der Waals surface area contributed by atoms with Crippen molar-refractivity contribution in [3.8, 4) is 0 Å². The normalized spacial score (nSPS) is 19.2. The molecule has 17 heavy (non-hydrogen) atoms. The van der Waals surface area contributed by atoms with Crippen LogP contribution in [0.25, 0.3) is 0 Å². The second-order valence-corrected chi connectivity index (χ2v) is 4.53. The lowest BCUT2D eigenvalue weighted by Crippen LogP contribution is -2.28. The highest BCUT2D eigenvalue weighted by Crippen LogP contribution is 2.16. The van der Waals surface area contributed by atoms with E-state index < -0.39 is 0 Å². The van der Waals surface area contributed by atoms with Crippen LogP contribution in [-0.4, -0.2) is 38.4 Å². The molecule has 1 N–H and O–H groups in total. The molecule has 1 rings (SSSR count). The van der Waals surface area contributed by atoms with Crippen LogP contribution in [0.2, 0.25) is 0 Å². The van der Waals surface area contributed by atoms with E-state index in [4.69, 9.17) is 9.47 Å². The number of nitrogens with one attached hydrogen (secondary N) is 1. The largest absolute Gasteiger partial charge is 0.378 e. The third-order valence-electron chi connectivity index (χ3n) is 2.63. The summed E-state index contributed by atoms with van der Waals surface area (Å²) in [6.45, 7) is 8.17. The van der Waals surface area contributed by atoms with Gasteiger partial charge in [-0.1, -0.05) is 12.2 Å². The number of ether oxygens (including phenoxy) is 2. The first kappa shape index (κ1) is 14.2. The topological polar surface area (TPSA) is 47.6 Å². The van der Waals surface area contributed by atoms with Crippen LogP contribution in [0.5, 0.6) is 0 Å². The molecule has 1 aliphatic heterocycles. The summed E-state index contributed by atoms with van der Waals surface area (Å²) < 4.78 is 10.7. The summed E-state index contributed by atoms with van der Waals surface area (Å²) >= 11 is 0. The summed E-state index contributed by atoms with van der Waals surface area (Å²) in [6.07, 6.45) is 3.89. The number of hydrogen-bond donors (Lipinski definition) is 1. The van der Waals surface area contributed by atoms with Crippen molar-refractivity contribution < 1.29 is 14.3 Å². The Balaban J connectivity index is 1.92. The maximum Gasteiger partial charge on any atom is 0.220 e. The molecule has 1 amide bonds. The molecule has 0 aromatic carbocycles. The number of carbonyl (C=O) groups excluding carboxylic acids is 1. The predicted molar refractivity (Wildman–Crippen MR) is 66.9 cm³/mol. The van der Waals surface area contributed by atoms with Gasteiger partial charge in [-0.05, 0) is 26.2 Å². The van der Waals surface area contributed by atoms with Crippen molar-refractivity contribution in [2.75, 3.05) is 26.4 Å². The number of carbonyl (C=O) groups is 1. The molecule has 1 heterocycles. The number of rotatable bonds is 8. The average Bonchev–Trinajstić information content (AvgIpc) is 2.78. The van der Waals surface area contributed by atoms with Crippen molar-refractivity contribution in [3.05, 3.63) is 12.2 Å². The highest BCUT2D eigenvalue weighted by Gasteiger charge is 2.16. The minimum atomic E-state index is 0.0828. The van der Waals surface area contributed by atoms with Crippen molar-refractivity contribution >= 4 is 5.91 Å². The molecule has 0 spiro atoms. The molecule has 1 unspecified atom stereocenters. The summed E-state index contributed by atoms with van der Waals surface area (Å²) in [5.74, 6) is 0.0828. The van der Waals surface area contributed by atoms with Gasteiger partial charge >= 0.3 is 0 Å². The van der Waals surface area contributed by atoms with E-state index in [1.165, 1.54) is 0 Å². The molecule has 1 saturated heterocycles. The lowest BCUT2D eigenvalue weighted by atomic mass is 10.1. The molecule has 1 atom stereocenters. The van der Waals surface area contributed by atoms with Gasteiger partial charge in [-0.3, -0.25) is 4.79 Å². The molecule has 0 saturated carbocycles. The molecule has 0 aromatic heterocycles. The lowest BCUT2D eigenvalue weighted by Gasteiger charge is -2.09. The Bertz CT molecular complexity index is 247. The van der Waals surface area contributed by atoms with E-state index >= 15 is 0 Å². The van der Waals surface area contributed by atoms with E-state index in [1.54, 1.807) is 0 Å². The zero-order valence-electron chi connectivity index (χ0n) is 10.7. The van der Waals surface area contributed by atoms with Crippen molar-refractivity contribution in [3.63, 3.8) is 0 Å². The average molecular weight is 241 g/mol. The first-order valence-corrected chi connectivity index (χ1v) is 6.29. The predicted octanol–water partition coefficient (Wildman–Crippen LogP) is 1.65. The quantitative estimate of drug-likeness (QED) is 0.519. The fraction of sp³-hybridized carbons (Fsp3) is 0.769. The molecule has 98 valence electrons. The molecule has 4 nitrogen and oxygen atoms in total. The molecule has 4 heteroatoms. The van der Waals surface area contributed by atoms with E-state index in [0.717, 1.165) is 31.4 Å². The van der Waals surface area contributed by atoms with E-state index in [2.05, 4.69) is 11.9 Å². The van der Waals surface area contributed by atoms with Gasteiger partial charge in [-0.15, -0.1) is 0 Å². The van der Waals surface area contributed by atoms with Gasteiger partial charge in [0.2, 0.25) is 5.91 Å². The molecule has 1 aliphatic rings. The van der Waals surface area contributed by atoms with Crippen molar-refractivity contribution in [1.82, 2.24) is 5.32 Å². The van der Waals surface area contributed by atoms with Crippen molar-refractivity contribution in [2.24, 2.45) is 0 Å². The SMILES string of the molecule is C=C(C)COCCNC(=O)CCC1CCCO1. The standard InChI is InChI=1S/C13H23NO3/c1-11(2)10-16-9-7-14-13(15)6-5-12-4-3-8-17-12/h12H,1,3-10H2,2H3,(H,14,15). The minimum Gasteiger partial charge on any atom is -0.378 e. The summed E-state index contributed by atoms with van der Waals surface area (Å²) in [5.41, 5.74) is 0.995. The van der Waals surface area contributed by atoms with Gasteiger partial charge in [-0.2, -0.15) is 0 Å². The Labute approximate surface area is 103 Å². The molecule has 0 aliphatic carbocycles.